The Bertz CT molecular complexity index is 1340. The van der Waals surface area contributed by atoms with Crippen LogP contribution in [0.3, 0.4) is 0 Å². The number of fused-ring (bicyclic) bond motifs is 2. The van der Waals surface area contributed by atoms with Crippen LogP contribution in [0.4, 0.5) is 0 Å². The summed E-state index contributed by atoms with van der Waals surface area (Å²) in [5.41, 5.74) is 4.13. The number of ether oxygens (including phenoxy) is 5. The molecule has 0 bridgehead atoms. The zero-order valence-corrected chi connectivity index (χ0v) is 21.3. The van der Waals surface area contributed by atoms with Crippen LogP contribution in [0.25, 0.3) is 6.08 Å². The standard InChI is InChI=1S/C28H26ClNO6/c1-16-26-19(14-30(15-35-26)13-17-5-7-20(29)8-6-17)12-21-25(31)22(36-27(16)21)9-18-10-23(32-2)28(34-4)24(11-18)33-3/h5-12H,13-15H2,1-4H3/b22-9-. The molecule has 3 aromatic rings. The molecular formula is C28H26ClNO6. The minimum atomic E-state index is -0.181. The number of nitrogens with zero attached hydrogens (tertiary/aromatic N) is 1. The third-order valence-electron chi connectivity index (χ3n) is 6.31. The van der Waals surface area contributed by atoms with Gasteiger partial charge in [0.05, 0.1) is 26.9 Å². The topological polar surface area (TPSA) is 66.5 Å². The largest absolute Gasteiger partial charge is 0.493 e. The van der Waals surface area contributed by atoms with E-state index < -0.39 is 0 Å². The minimum Gasteiger partial charge on any atom is -0.493 e. The molecule has 7 nitrogen and oxygen atoms in total. The Morgan fingerprint density at radius 2 is 1.69 bits per heavy atom. The molecule has 0 saturated heterocycles. The van der Waals surface area contributed by atoms with Gasteiger partial charge in [0, 0.05) is 29.2 Å². The van der Waals surface area contributed by atoms with Crippen LogP contribution in [0.2, 0.25) is 5.02 Å². The van der Waals surface area contributed by atoms with Crippen molar-refractivity contribution in [2.45, 2.75) is 20.0 Å². The first-order valence-electron chi connectivity index (χ1n) is 11.4. The van der Waals surface area contributed by atoms with Crippen molar-refractivity contribution in [3.8, 4) is 28.7 Å². The van der Waals surface area contributed by atoms with Gasteiger partial charge in [0.1, 0.15) is 18.2 Å². The smallest absolute Gasteiger partial charge is 0.231 e. The number of hydrogen-bond donors (Lipinski definition) is 0. The van der Waals surface area contributed by atoms with Crippen LogP contribution >= 0.6 is 11.6 Å². The highest BCUT2D eigenvalue weighted by molar-refractivity contribution is 6.30. The first-order chi connectivity index (χ1) is 17.4. The summed E-state index contributed by atoms with van der Waals surface area (Å²) in [5, 5.41) is 0.707. The lowest BCUT2D eigenvalue weighted by Gasteiger charge is -2.30. The molecule has 0 saturated carbocycles. The van der Waals surface area contributed by atoms with Gasteiger partial charge >= 0.3 is 0 Å². The van der Waals surface area contributed by atoms with Gasteiger partial charge in [0.15, 0.2) is 17.3 Å². The molecule has 36 heavy (non-hydrogen) atoms. The Kier molecular flexibility index (Phi) is 6.51. The molecule has 0 spiro atoms. The van der Waals surface area contributed by atoms with Crippen molar-refractivity contribution in [2.75, 3.05) is 28.1 Å². The minimum absolute atomic E-state index is 0.181. The van der Waals surface area contributed by atoms with Crippen molar-refractivity contribution in [2.24, 2.45) is 0 Å². The molecule has 0 N–H and O–H groups in total. The third-order valence-corrected chi connectivity index (χ3v) is 6.56. The highest BCUT2D eigenvalue weighted by Gasteiger charge is 2.33. The average molecular weight is 508 g/mol. The van der Waals surface area contributed by atoms with Crippen molar-refractivity contribution < 1.29 is 28.5 Å². The fourth-order valence-corrected chi connectivity index (χ4v) is 4.71. The van der Waals surface area contributed by atoms with Crippen molar-refractivity contribution in [1.29, 1.82) is 0 Å². The lowest BCUT2D eigenvalue weighted by molar-refractivity contribution is 0.0876. The summed E-state index contributed by atoms with van der Waals surface area (Å²) >= 11 is 6.01. The van der Waals surface area contributed by atoms with Crippen LogP contribution in [0.15, 0.2) is 48.2 Å². The number of hydrogen-bond acceptors (Lipinski definition) is 7. The van der Waals surface area contributed by atoms with E-state index in [0.29, 0.717) is 59.0 Å². The second kappa shape index (κ2) is 9.76. The molecule has 2 aliphatic rings. The zero-order valence-electron chi connectivity index (χ0n) is 20.5. The number of rotatable bonds is 6. The molecule has 0 aromatic heterocycles. The maximum atomic E-state index is 13.3. The van der Waals surface area contributed by atoms with E-state index in [1.165, 1.54) is 0 Å². The molecular weight excluding hydrogens is 482 g/mol. The van der Waals surface area contributed by atoms with E-state index in [1.54, 1.807) is 39.5 Å². The number of Topliss-reactive ketones (excluding diaryl/α,β-unsaturated/α-hetero) is 1. The Hall–Kier alpha value is -3.68. The van der Waals surface area contributed by atoms with E-state index in [9.17, 15) is 4.79 Å². The quantitative estimate of drug-likeness (QED) is 0.400. The molecule has 5 rings (SSSR count). The highest BCUT2D eigenvalue weighted by atomic mass is 35.5. The molecule has 0 atom stereocenters. The van der Waals surface area contributed by atoms with Crippen molar-refractivity contribution in [3.63, 3.8) is 0 Å². The number of allylic oxidation sites excluding steroid dienone is 1. The van der Waals surface area contributed by atoms with Crippen molar-refractivity contribution in [3.05, 3.63) is 81.1 Å². The monoisotopic (exact) mass is 507 g/mol. The maximum absolute atomic E-state index is 13.3. The van der Waals surface area contributed by atoms with Gasteiger partial charge in [0.25, 0.3) is 0 Å². The number of benzene rings is 3. The Morgan fingerprint density at radius 1 is 1.00 bits per heavy atom. The first-order valence-corrected chi connectivity index (χ1v) is 11.8. The molecule has 0 radical (unpaired) electrons. The van der Waals surface area contributed by atoms with E-state index in [-0.39, 0.29) is 11.5 Å². The summed E-state index contributed by atoms with van der Waals surface area (Å²) < 4.78 is 28.4. The number of halogens is 1. The predicted octanol–water partition coefficient (Wildman–Crippen LogP) is 5.64. The summed E-state index contributed by atoms with van der Waals surface area (Å²) in [4.78, 5) is 15.5. The van der Waals surface area contributed by atoms with E-state index >= 15 is 0 Å². The van der Waals surface area contributed by atoms with E-state index in [4.69, 9.17) is 35.3 Å². The summed E-state index contributed by atoms with van der Waals surface area (Å²) in [5.74, 6) is 2.81. The van der Waals surface area contributed by atoms with Crippen molar-refractivity contribution >= 4 is 23.5 Å². The summed E-state index contributed by atoms with van der Waals surface area (Å²) in [7, 11) is 4.64. The average Bonchev–Trinajstić information content (AvgIpc) is 3.19. The molecule has 2 aliphatic heterocycles. The summed E-state index contributed by atoms with van der Waals surface area (Å²) in [6.07, 6.45) is 1.68. The Balaban J connectivity index is 1.43. The van der Waals surface area contributed by atoms with Gasteiger partial charge in [-0.1, -0.05) is 23.7 Å². The Morgan fingerprint density at radius 3 is 2.33 bits per heavy atom. The van der Waals surface area contributed by atoms with E-state index in [1.807, 2.05) is 37.3 Å². The predicted molar refractivity (Wildman–Crippen MR) is 136 cm³/mol. The highest BCUT2D eigenvalue weighted by Crippen LogP contribution is 2.44. The van der Waals surface area contributed by atoms with Crippen LogP contribution in [-0.2, 0) is 13.1 Å². The number of carbonyl (C=O) groups is 1. The first kappa shape index (κ1) is 24.0. The van der Waals surface area contributed by atoms with Crippen LogP contribution in [0.1, 0.15) is 32.6 Å². The molecule has 0 amide bonds. The fourth-order valence-electron chi connectivity index (χ4n) is 4.58. The molecule has 0 aliphatic carbocycles. The summed E-state index contributed by atoms with van der Waals surface area (Å²) in [6.45, 7) is 3.73. The maximum Gasteiger partial charge on any atom is 0.231 e. The van der Waals surface area contributed by atoms with Crippen LogP contribution < -0.4 is 23.7 Å². The lowest BCUT2D eigenvalue weighted by Crippen LogP contribution is -2.32. The fraction of sp³-hybridized carbons (Fsp3) is 0.250. The van der Waals surface area contributed by atoms with Crippen LogP contribution in [0.5, 0.6) is 28.7 Å². The van der Waals surface area contributed by atoms with Gasteiger partial charge in [-0.3, -0.25) is 9.69 Å². The second-order valence-corrected chi connectivity index (χ2v) is 9.09. The molecule has 8 heteroatoms. The van der Waals surface area contributed by atoms with Gasteiger partial charge in [-0.25, -0.2) is 0 Å². The van der Waals surface area contributed by atoms with E-state index in [0.717, 1.165) is 22.4 Å². The van der Waals surface area contributed by atoms with Gasteiger partial charge < -0.3 is 23.7 Å². The zero-order chi connectivity index (χ0) is 25.4. The van der Waals surface area contributed by atoms with E-state index in [2.05, 4.69) is 4.90 Å². The van der Waals surface area contributed by atoms with Crippen LogP contribution in [-0.4, -0.2) is 38.7 Å². The number of ketones is 1. The van der Waals surface area contributed by atoms with Gasteiger partial charge in [0.2, 0.25) is 11.5 Å². The Labute approximate surface area is 214 Å². The van der Waals surface area contributed by atoms with Gasteiger partial charge in [-0.15, -0.1) is 0 Å². The van der Waals surface area contributed by atoms with Gasteiger partial charge in [-0.05, 0) is 54.5 Å². The SMILES string of the molecule is COc1cc(/C=C2\Oc3c(cc4c(c3C)OCN(Cc3ccc(Cl)cc3)C4)C2=O)cc(OC)c1OC. The van der Waals surface area contributed by atoms with Crippen molar-refractivity contribution in [1.82, 2.24) is 4.90 Å². The molecule has 186 valence electrons. The second-order valence-electron chi connectivity index (χ2n) is 8.65. The molecule has 3 aromatic carbocycles. The lowest BCUT2D eigenvalue weighted by atomic mass is 9.99. The third kappa shape index (κ3) is 4.36. The van der Waals surface area contributed by atoms with Crippen LogP contribution in [0, 0.1) is 6.92 Å². The molecule has 0 unspecified atom stereocenters. The normalized spacial score (nSPS) is 15.7. The number of carbonyl (C=O) groups excluding carboxylic acids is 1. The molecule has 0 fully saturated rings. The number of methoxy groups -OCH3 is 3. The molecule has 2 heterocycles. The van der Waals surface area contributed by atoms with Gasteiger partial charge in [-0.2, -0.15) is 0 Å². The summed E-state index contributed by atoms with van der Waals surface area (Å²) in [6, 6.07) is 13.2.